The minimum absolute atomic E-state index is 0.299. The predicted octanol–water partition coefficient (Wildman–Crippen LogP) is 3.86. The van der Waals surface area contributed by atoms with E-state index in [1.807, 2.05) is 7.05 Å². The Kier molecular flexibility index (Phi) is 4.52. The first-order chi connectivity index (χ1) is 8.61. The molecule has 0 aromatic heterocycles. The smallest absolute Gasteiger partial charge is 0.0474 e. The summed E-state index contributed by atoms with van der Waals surface area (Å²) in [4.78, 5) is 2.44. The lowest BCUT2D eigenvalue weighted by molar-refractivity contribution is 0.438. The van der Waals surface area contributed by atoms with Gasteiger partial charge in [-0.1, -0.05) is 24.6 Å². The molecule has 0 bridgehead atoms. The summed E-state index contributed by atoms with van der Waals surface area (Å²) in [5.74, 6) is 0.861. The molecular formula is C15H23ClN2. The molecule has 0 radical (unpaired) electrons. The van der Waals surface area contributed by atoms with Crippen LogP contribution in [0.2, 0.25) is 5.02 Å². The van der Waals surface area contributed by atoms with Gasteiger partial charge in [0, 0.05) is 29.8 Å². The summed E-state index contributed by atoms with van der Waals surface area (Å²) < 4.78 is 0. The molecule has 1 atom stereocenters. The molecule has 1 aliphatic rings. The van der Waals surface area contributed by atoms with E-state index in [0.29, 0.717) is 6.04 Å². The molecule has 1 heterocycles. The van der Waals surface area contributed by atoms with Gasteiger partial charge >= 0.3 is 0 Å². The molecule has 2 nitrogen and oxygen atoms in total. The highest BCUT2D eigenvalue weighted by Crippen LogP contribution is 2.30. The fraction of sp³-hybridized carbons (Fsp3) is 0.600. The van der Waals surface area contributed by atoms with Crippen LogP contribution < -0.4 is 10.2 Å². The molecule has 1 unspecified atom stereocenters. The Labute approximate surface area is 115 Å². The second-order valence-electron chi connectivity index (χ2n) is 5.39. The average molecular weight is 267 g/mol. The number of benzene rings is 1. The van der Waals surface area contributed by atoms with Gasteiger partial charge in [-0.25, -0.2) is 0 Å². The van der Waals surface area contributed by atoms with Gasteiger partial charge in [0.15, 0.2) is 0 Å². The van der Waals surface area contributed by atoms with Gasteiger partial charge in [0.1, 0.15) is 0 Å². The quantitative estimate of drug-likeness (QED) is 0.894. The maximum atomic E-state index is 6.38. The second-order valence-corrected chi connectivity index (χ2v) is 5.79. The first-order valence-electron chi connectivity index (χ1n) is 6.83. The third-order valence-electron chi connectivity index (χ3n) is 4.03. The van der Waals surface area contributed by atoms with Gasteiger partial charge in [0.05, 0.1) is 0 Å². The normalized spacial score (nSPS) is 19.0. The Bertz CT molecular complexity index is 397. The van der Waals surface area contributed by atoms with Crippen LogP contribution in [0.5, 0.6) is 0 Å². The van der Waals surface area contributed by atoms with Crippen molar-refractivity contribution in [2.45, 2.75) is 32.7 Å². The van der Waals surface area contributed by atoms with Crippen LogP contribution in [0.15, 0.2) is 18.2 Å². The number of anilines is 1. The molecule has 0 saturated carbocycles. The van der Waals surface area contributed by atoms with Gasteiger partial charge < -0.3 is 10.2 Å². The third kappa shape index (κ3) is 2.99. The Morgan fingerprint density at radius 3 is 2.56 bits per heavy atom. The largest absolute Gasteiger partial charge is 0.371 e. The van der Waals surface area contributed by atoms with Crippen molar-refractivity contribution in [1.82, 2.24) is 5.32 Å². The molecule has 3 heteroatoms. The number of hydrogen-bond acceptors (Lipinski definition) is 2. The fourth-order valence-corrected chi connectivity index (χ4v) is 2.82. The average Bonchev–Trinajstić information content (AvgIpc) is 2.38. The zero-order valence-corrected chi connectivity index (χ0v) is 12.3. The number of piperidine rings is 1. The first kappa shape index (κ1) is 13.7. The van der Waals surface area contributed by atoms with Crippen molar-refractivity contribution in [2.24, 2.45) is 5.92 Å². The second kappa shape index (κ2) is 5.94. The van der Waals surface area contributed by atoms with E-state index in [9.17, 15) is 0 Å². The molecule has 1 saturated heterocycles. The van der Waals surface area contributed by atoms with Crippen LogP contribution in [-0.4, -0.2) is 20.1 Å². The van der Waals surface area contributed by atoms with Gasteiger partial charge in [-0.2, -0.15) is 0 Å². The summed E-state index contributed by atoms with van der Waals surface area (Å²) in [5, 5.41) is 4.10. The van der Waals surface area contributed by atoms with E-state index in [-0.39, 0.29) is 0 Å². The summed E-state index contributed by atoms with van der Waals surface area (Å²) in [5.41, 5.74) is 2.44. The minimum Gasteiger partial charge on any atom is -0.371 e. The topological polar surface area (TPSA) is 15.3 Å². The molecular weight excluding hydrogens is 244 g/mol. The molecule has 0 spiro atoms. The zero-order chi connectivity index (χ0) is 13.1. The van der Waals surface area contributed by atoms with Crippen molar-refractivity contribution in [3.05, 3.63) is 28.8 Å². The molecule has 1 N–H and O–H groups in total. The van der Waals surface area contributed by atoms with Crippen LogP contribution in [0, 0.1) is 5.92 Å². The van der Waals surface area contributed by atoms with Crippen molar-refractivity contribution in [3.8, 4) is 0 Å². The minimum atomic E-state index is 0.299. The Morgan fingerprint density at radius 2 is 2.00 bits per heavy atom. The Morgan fingerprint density at radius 1 is 1.33 bits per heavy atom. The first-order valence-corrected chi connectivity index (χ1v) is 7.21. The highest BCUT2D eigenvalue weighted by molar-refractivity contribution is 6.31. The Balaban J connectivity index is 2.13. The highest BCUT2D eigenvalue weighted by Gasteiger charge is 2.17. The van der Waals surface area contributed by atoms with Crippen molar-refractivity contribution in [1.29, 1.82) is 0 Å². The van der Waals surface area contributed by atoms with Crippen LogP contribution in [-0.2, 0) is 0 Å². The van der Waals surface area contributed by atoms with E-state index in [4.69, 9.17) is 11.6 Å². The van der Waals surface area contributed by atoms with E-state index < -0.39 is 0 Å². The van der Waals surface area contributed by atoms with Gasteiger partial charge in [-0.05, 0) is 50.4 Å². The number of halogens is 1. The fourth-order valence-electron chi connectivity index (χ4n) is 2.49. The maximum Gasteiger partial charge on any atom is 0.0474 e. The lowest BCUT2D eigenvalue weighted by atomic mass is 9.98. The summed E-state index contributed by atoms with van der Waals surface area (Å²) in [7, 11) is 1.96. The summed E-state index contributed by atoms with van der Waals surface area (Å²) in [6.07, 6.45) is 2.57. The van der Waals surface area contributed by atoms with Crippen molar-refractivity contribution >= 4 is 17.3 Å². The zero-order valence-electron chi connectivity index (χ0n) is 11.5. The standard InChI is InChI=1S/C15H23ClN2/c1-11-6-8-18(9-7-11)13-4-5-14(12(2)17-3)15(16)10-13/h4-5,10-12,17H,6-9H2,1-3H3. The lowest BCUT2D eigenvalue weighted by Gasteiger charge is -2.32. The van der Waals surface area contributed by atoms with Crippen LogP contribution in [0.1, 0.15) is 38.3 Å². The van der Waals surface area contributed by atoms with E-state index in [0.717, 1.165) is 24.0 Å². The van der Waals surface area contributed by atoms with E-state index >= 15 is 0 Å². The molecule has 1 aromatic rings. The number of hydrogen-bond donors (Lipinski definition) is 1. The van der Waals surface area contributed by atoms with Gasteiger partial charge in [-0.3, -0.25) is 0 Å². The van der Waals surface area contributed by atoms with Gasteiger partial charge in [0.2, 0.25) is 0 Å². The van der Waals surface area contributed by atoms with Crippen LogP contribution in [0.4, 0.5) is 5.69 Å². The summed E-state index contributed by atoms with van der Waals surface area (Å²) in [6, 6.07) is 6.76. The van der Waals surface area contributed by atoms with Crippen LogP contribution in [0.3, 0.4) is 0 Å². The van der Waals surface area contributed by atoms with E-state index in [2.05, 4.69) is 42.3 Å². The molecule has 1 fully saturated rings. The highest BCUT2D eigenvalue weighted by atomic mass is 35.5. The van der Waals surface area contributed by atoms with E-state index in [1.165, 1.54) is 24.1 Å². The molecule has 0 aliphatic carbocycles. The van der Waals surface area contributed by atoms with Gasteiger partial charge in [-0.15, -0.1) is 0 Å². The van der Waals surface area contributed by atoms with Gasteiger partial charge in [0.25, 0.3) is 0 Å². The summed E-state index contributed by atoms with van der Waals surface area (Å²) >= 11 is 6.38. The van der Waals surface area contributed by atoms with E-state index in [1.54, 1.807) is 0 Å². The lowest BCUT2D eigenvalue weighted by Crippen LogP contribution is -2.32. The SMILES string of the molecule is CNC(C)c1ccc(N2CCC(C)CC2)cc1Cl. The van der Waals surface area contributed by atoms with Crippen molar-refractivity contribution < 1.29 is 0 Å². The predicted molar refractivity (Wildman–Crippen MR) is 79.5 cm³/mol. The molecule has 0 amide bonds. The number of rotatable bonds is 3. The molecule has 100 valence electrons. The molecule has 18 heavy (non-hydrogen) atoms. The summed E-state index contributed by atoms with van der Waals surface area (Å²) in [6.45, 7) is 6.77. The number of nitrogens with zero attached hydrogens (tertiary/aromatic N) is 1. The molecule has 1 aliphatic heterocycles. The Hall–Kier alpha value is -0.730. The molecule has 2 rings (SSSR count). The number of nitrogens with one attached hydrogen (secondary N) is 1. The van der Waals surface area contributed by atoms with Crippen LogP contribution in [0.25, 0.3) is 0 Å². The third-order valence-corrected chi connectivity index (χ3v) is 4.36. The van der Waals surface area contributed by atoms with Crippen molar-refractivity contribution in [3.63, 3.8) is 0 Å². The monoisotopic (exact) mass is 266 g/mol. The van der Waals surface area contributed by atoms with Crippen LogP contribution >= 0.6 is 11.6 Å². The molecule has 1 aromatic carbocycles. The maximum absolute atomic E-state index is 6.38. The van der Waals surface area contributed by atoms with Crippen molar-refractivity contribution in [2.75, 3.05) is 25.0 Å².